The molecule has 3 rings (SSSR count). The van der Waals surface area contributed by atoms with Gasteiger partial charge >= 0.3 is 0 Å². The van der Waals surface area contributed by atoms with Gasteiger partial charge < -0.3 is 0 Å². The van der Waals surface area contributed by atoms with Crippen LogP contribution in [0.15, 0.2) is 17.1 Å². The zero-order chi connectivity index (χ0) is 13.7. The first-order valence-electron chi connectivity index (χ1n) is 5.55. The van der Waals surface area contributed by atoms with E-state index in [1.165, 1.54) is 5.01 Å². The third-order valence-electron chi connectivity index (χ3n) is 3.27. The minimum atomic E-state index is -1.38. The number of nitrogens with one attached hydrogen (secondary N) is 1. The minimum absolute atomic E-state index is 0.154. The van der Waals surface area contributed by atoms with Gasteiger partial charge in [0.05, 0.1) is 6.04 Å². The van der Waals surface area contributed by atoms with Gasteiger partial charge in [-0.05, 0) is 28.1 Å². The fourth-order valence-electron chi connectivity index (χ4n) is 2.45. The second-order valence-electron chi connectivity index (χ2n) is 4.38. The summed E-state index contributed by atoms with van der Waals surface area (Å²) < 4.78 is 54.8. The van der Waals surface area contributed by atoms with Gasteiger partial charge in [0.15, 0.2) is 22.5 Å². The van der Waals surface area contributed by atoms with Crippen molar-refractivity contribution in [3.8, 4) is 0 Å². The van der Waals surface area contributed by atoms with Crippen molar-refractivity contribution in [2.45, 2.75) is 24.8 Å². The van der Waals surface area contributed by atoms with E-state index in [1.54, 1.807) is 0 Å². The van der Waals surface area contributed by atoms with Gasteiger partial charge in [-0.2, -0.15) is 5.01 Å². The summed E-state index contributed by atoms with van der Waals surface area (Å²) in [5.74, 6) is -3.35. The van der Waals surface area contributed by atoms with Crippen LogP contribution < -0.4 is 5.43 Å². The molecule has 8 heteroatoms. The summed E-state index contributed by atoms with van der Waals surface area (Å²) in [4.78, 5) is 3.92. The van der Waals surface area contributed by atoms with Crippen LogP contribution in [0.3, 0.4) is 0 Å². The highest BCUT2D eigenvalue weighted by molar-refractivity contribution is 9.18. The summed E-state index contributed by atoms with van der Waals surface area (Å²) in [5.41, 5.74) is 2.20. The van der Waals surface area contributed by atoms with Crippen LogP contribution in [0.2, 0.25) is 0 Å². The molecule has 2 aliphatic rings. The van der Waals surface area contributed by atoms with Gasteiger partial charge in [0, 0.05) is 12.0 Å². The van der Waals surface area contributed by atoms with Gasteiger partial charge in [-0.15, -0.1) is 0 Å². The number of rotatable bonds is 1. The van der Waals surface area contributed by atoms with E-state index in [-0.39, 0.29) is 11.2 Å². The summed E-state index contributed by atoms with van der Waals surface area (Å²) in [6.45, 7) is 0. The van der Waals surface area contributed by atoms with Crippen molar-refractivity contribution in [3.05, 3.63) is 35.1 Å². The maximum absolute atomic E-state index is 13.8. The Labute approximate surface area is 114 Å². The maximum Gasteiger partial charge on any atom is 0.182 e. The molecule has 0 bridgehead atoms. The lowest BCUT2D eigenvalue weighted by Gasteiger charge is -2.23. The molecule has 102 valence electrons. The van der Waals surface area contributed by atoms with E-state index in [0.29, 0.717) is 6.07 Å². The van der Waals surface area contributed by atoms with Crippen molar-refractivity contribution in [2.75, 3.05) is 0 Å². The third-order valence-corrected chi connectivity index (χ3v) is 3.65. The molecule has 1 saturated heterocycles. The van der Waals surface area contributed by atoms with Crippen molar-refractivity contribution >= 4 is 20.7 Å². The fourth-order valence-corrected chi connectivity index (χ4v) is 2.87. The van der Waals surface area contributed by atoms with Crippen molar-refractivity contribution < 1.29 is 17.6 Å². The molecule has 19 heavy (non-hydrogen) atoms. The molecule has 2 heterocycles. The van der Waals surface area contributed by atoms with Crippen molar-refractivity contribution in [1.29, 1.82) is 0 Å². The van der Waals surface area contributed by atoms with Gasteiger partial charge in [-0.3, -0.25) is 5.43 Å². The number of hydrogen-bond donors (Lipinski definition) is 1. The normalized spacial score (nSPS) is 30.2. The predicted octanol–water partition coefficient (Wildman–Crippen LogP) is 2.78. The Morgan fingerprint density at radius 1 is 1.26 bits per heavy atom. The summed E-state index contributed by atoms with van der Waals surface area (Å²) >= 11 is 3.04. The molecule has 0 aromatic heterocycles. The standard InChI is InChI=1S/C11H8BrF4N3/c12-11-17-10-6(15)3-7(19(10)18-11)8-4(13)1-2-5(14)9(8)16/h1-2,6-7,10H,3H2,(H,17,18)/t6-,7-,10?/m0/s1. The number of benzene rings is 1. The Morgan fingerprint density at radius 3 is 2.68 bits per heavy atom. The highest BCUT2D eigenvalue weighted by Crippen LogP contribution is 2.41. The zero-order valence-electron chi connectivity index (χ0n) is 9.38. The van der Waals surface area contributed by atoms with E-state index in [4.69, 9.17) is 0 Å². The lowest BCUT2D eigenvalue weighted by molar-refractivity contribution is 0.156. The predicted molar refractivity (Wildman–Crippen MR) is 63.7 cm³/mol. The molecule has 0 saturated carbocycles. The monoisotopic (exact) mass is 337 g/mol. The van der Waals surface area contributed by atoms with E-state index in [9.17, 15) is 17.6 Å². The van der Waals surface area contributed by atoms with Gasteiger partial charge in [-0.25, -0.2) is 22.6 Å². The minimum Gasteiger partial charge on any atom is -0.295 e. The van der Waals surface area contributed by atoms with E-state index in [0.717, 1.165) is 6.07 Å². The molecule has 1 fully saturated rings. The first-order chi connectivity index (χ1) is 8.99. The molecule has 0 amide bonds. The van der Waals surface area contributed by atoms with Gasteiger partial charge in [-0.1, -0.05) is 0 Å². The summed E-state index contributed by atoms with van der Waals surface area (Å²) in [6, 6.07) is 0.590. The molecule has 0 aliphatic carbocycles. The first-order valence-corrected chi connectivity index (χ1v) is 6.34. The number of alkyl halides is 1. The van der Waals surface area contributed by atoms with Crippen LogP contribution >= 0.6 is 15.9 Å². The quantitative estimate of drug-likeness (QED) is 0.485. The summed E-state index contributed by atoms with van der Waals surface area (Å²) in [7, 11) is 0. The van der Waals surface area contributed by atoms with Crippen molar-refractivity contribution in [1.82, 2.24) is 10.4 Å². The number of aliphatic imine (C=N–C) groups is 1. The number of hydrazine groups is 1. The van der Waals surface area contributed by atoms with Crippen LogP contribution in [0.4, 0.5) is 17.6 Å². The Kier molecular flexibility index (Phi) is 3.01. The Hall–Kier alpha value is -1.15. The zero-order valence-corrected chi connectivity index (χ0v) is 11.0. The molecular formula is C11H8BrF4N3. The molecule has 3 atom stereocenters. The van der Waals surface area contributed by atoms with Crippen LogP contribution in [-0.4, -0.2) is 22.1 Å². The summed E-state index contributed by atoms with van der Waals surface area (Å²) in [6.07, 6.45) is -2.39. The second-order valence-corrected chi connectivity index (χ2v) is 5.13. The van der Waals surface area contributed by atoms with Crippen LogP contribution in [0.5, 0.6) is 0 Å². The van der Waals surface area contributed by atoms with Crippen LogP contribution in [0, 0.1) is 17.5 Å². The molecule has 1 unspecified atom stereocenters. The molecular weight excluding hydrogens is 330 g/mol. The molecule has 1 aromatic rings. The lowest BCUT2D eigenvalue weighted by atomic mass is 10.0. The Balaban J connectivity index is 2.03. The number of nitrogens with zero attached hydrogens (tertiary/aromatic N) is 2. The maximum atomic E-state index is 13.8. The number of halogens is 5. The van der Waals surface area contributed by atoms with Crippen LogP contribution in [-0.2, 0) is 0 Å². The largest absolute Gasteiger partial charge is 0.295 e. The third kappa shape index (κ3) is 1.93. The summed E-state index contributed by atoms with van der Waals surface area (Å²) in [5, 5.41) is 1.29. The van der Waals surface area contributed by atoms with Crippen molar-refractivity contribution in [3.63, 3.8) is 0 Å². The molecule has 1 aromatic carbocycles. The van der Waals surface area contributed by atoms with E-state index in [1.807, 2.05) is 0 Å². The smallest absolute Gasteiger partial charge is 0.182 e. The van der Waals surface area contributed by atoms with Gasteiger partial charge in [0.25, 0.3) is 0 Å². The number of amidine groups is 1. The van der Waals surface area contributed by atoms with Crippen LogP contribution in [0.1, 0.15) is 18.0 Å². The molecule has 3 nitrogen and oxygen atoms in total. The van der Waals surface area contributed by atoms with Gasteiger partial charge in [0.2, 0.25) is 0 Å². The highest BCUT2D eigenvalue weighted by Gasteiger charge is 2.47. The number of fused-ring (bicyclic) bond motifs is 1. The van der Waals surface area contributed by atoms with E-state index >= 15 is 0 Å². The van der Waals surface area contributed by atoms with Crippen LogP contribution in [0.25, 0.3) is 0 Å². The van der Waals surface area contributed by atoms with E-state index < -0.39 is 41.4 Å². The molecule has 0 radical (unpaired) electrons. The molecule has 1 N–H and O–H groups in total. The second kappa shape index (κ2) is 4.45. The Morgan fingerprint density at radius 2 is 1.95 bits per heavy atom. The fraction of sp³-hybridized carbons (Fsp3) is 0.364. The average molecular weight is 338 g/mol. The SMILES string of the molecule is Fc1ccc(F)c([C@@H]2C[C@H](F)C3N=C(Br)NN32)c1F. The molecule has 0 spiro atoms. The lowest BCUT2D eigenvalue weighted by Crippen LogP contribution is -2.39. The van der Waals surface area contributed by atoms with Gasteiger partial charge in [0.1, 0.15) is 12.0 Å². The topological polar surface area (TPSA) is 27.6 Å². The number of hydrogen-bond acceptors (Lipinski definition) is 3. The average Bonchev–Trinajstić information content (AvgIpc) is 2.86. The van der Waals surface area contributed by atoms with E-state index in [2.05, 4.69) is 26.3 Å². The Bertz CT molecular complexity index is 565. The first kappa shape index (κ1) is 12.9. The van der Waals surface area contributed by atoms with Crippen molar-refractivity contribution in [2.24, 2.45) is 4.99 Å². The highest BCUT2D eigenvalue weighted by atomic mass is 79.9. The molecule has 2 aliphatic heterocycles.